The standard InChI is InChI=1S/C18H17N5O5S/c1-11-16(17(24)23(22-11)12-6-4-3-5-7-12)21-20-15-9-8-13(29(27,28)19-2)10-14(15)18(25)26/h3-10,19,22H,1-2H3,(H,25,26). The van der Waals surface area contributed by atoms with Gasteiger partial charge in [0.2, 0.25) is 10.0 Å². The summed E-state index contributed by atoms with van der Waals surface area (Å²) in [6.45, 7) is 1.63. The smallest absolute Gasteiger partial charge is 0.338 e. The minimum absolute atomic E-state index is 0.0112. The van der Waals surface area contributed by atoms with Gasteiger partial charge in [0.1, 0.15) is 5.69 Å². The van der Waals surface area contributed by atoms with E-state index in [1.54, 1.807) is 31.2 Å². The van der Waals surface area contributed by atoms with E-state index in [0.717, 1.165) is 6.07 Å². The summed E-state index contributed by atoms with van der Waals surface area (Å²) in [5.41, 5.74) is 0.157. The molecule has 10 nitrogen and oxygen atoms in total. The second-order valence-electron chi connectivity index (χ2n) is 5.95. The maximum absolute atomic E-state index is 12.6. The Kier molecular flexibility index (Phi) is 5.43. The molecule has 3 rings (SSSR count). The molecule has 3 aromatic rings. The number of carboxylic acids is 1. The van der Waals surface area contributed by atoms with Gasteiger partial charge in [-0.1, -0.05) is 18.2 Å². The van der Waals surface area contributed by atoms with Gasteiger partial charge in [-0.25, -0.2) is 22.6 Å². The average molecular weight is 415 g/mol. The number of aromatic amines is 1. The van der Waals surface area contributed by atoms with Crippen LogP contribution < -0.4 is 10.3 Å². The first-order valence-electron chi connectivity index (χ1n) is 8.34. The van der Waals surface area contributed by atoms with Gasteiger partial charge in [0.25, 0.3) is 5.56 Å². The van der Waals surface area contributed by atoms with Crippen molar-refractivity contribution < 1.29 is 18.3 Å². The third-order valence-electron chi connectivity index (χ3n) is 4.09. The molecule has 0 radical (unpaired) electrons. The number of nitrogens with zero attached hydrogens (tertiary/aromatic N) is 3. The summed E-state index contributed by atoms with van der Waals surface area (Å²) in [6.07, 6.45) is 0. The normalized spacial score (nSPS) is 11.8. The fourth-order valence-electron chi connectivity index (χ4n) is 2.58. The summed E-state index contributed by atoms with van der Waals surface area (Å²) in [7, 11) is -2.60. The van der Waals surface area contributed by atoms with Gasteiger partial charge in [-0.15, -0.1) is 10.2 Å². The predicted octanol–water partition coefficient (Wildman–Crippen LogP) is 2.50. The largest absolute Gasteiger partial charge is 0.478 e. The zero-order valence-electron chi connectivity index (χ0n) is 15.4. The van der Waals surface area contributed by atoms with E-state index in [2.05, 4.69) is 20.0 Å². The lowest BCUT2D eigenvalue weighted by atomic mass is 10.2. The Hall–Kier alpha value is -3.57. The molecule has 150 valence electrons. The second-order valence-corrected chi connectivity index (χ2v) is 7.84. The van der Waals surface area contributed by atoms with Crippen molar-refractivity contribution in [3.63, 3.8) is 0 Å². The van der Waals surface area contributed by atoms with E-state index in [1.807, 2.05) is 6.07 Å². The summed E-state index contributed by atoms with van der Waals surface area (Å²) in [6, 6.07) is 12.3. The van der Waals surface area contributed by atoms with Crippen LogP contribution >= 0.6 is 0 Å². The van der Waals surface area contributed by atoms with Gasteiger partial charge >= 0.3 is 5.97 Å². The zero-order chi connectivity index (χ0) is 21.2. The number of nitrogens with one attached hydrogen (secondary N) is 2. The minimum atomic E-state index is -3.82. The van der Waals surface area contributed by atoms with Crippen LogP contribution in [0.25, 0.3) is 5.69 Å². The van der Waals surface area contributed by atoms with Gasteiger partial charge < -0.3 is 5.11 Å². The van der Waals surface area contributed by atoms with Crippen molar-refractivity contribution in [3.05, 3.63) is 70.1 Å². The molecule has 0 saturated carbocycles. The van der Waals surface area contributed by atoms with Gasteiger partial charge in [-0.2, -0.15) is 0 Å². The van der Waals surface area contributed by atoms with Gasteiger partial charge in [0, 0.05) is 0 Å². The Morgan fingerprint density at radius 1 is 1.14 bits per heavy atom. The van der Waals surface area contributed by atoms with Crippen LogP contribution in [-0.2, 0) is 10.0 Å². The van der Waals surface area contributed by atoms with Gasteiger partial charge in [-0.05, 0) is 44.3 Å². The molecule has 3 N–H and O–H groups in total. The number of benzene rings is 2. The Balaban J connectivity index is 2.04. The lowest BCUT2D eigenvalue weighted by molar-refractivity contribution is 0.0697. The van der Waals surface area contributed by atoms with E-state index in [9.17, 15) is 23.1 Å². The fourth-order valence-corrected chi connectivity index (χ4v) is 3.33. The second kappa shape index (κ2) is 7.81. The highest BCUT2D eigenvalue weighted by Crippen LogP contribution is 2.25. The molecule has 0 saturated heterocycles. The van der Waals surface area contributed by atoms with Crippen LogP contribution in [0.4, 0.5) is 11.4 Å². The Morgan fingerprint density at radius 2 is 1.83 bits per heavy atom. The molecule has 0 atom stereocenters. The summed E-state index contributed by atoms with van der Waals surface area (Å²) < 4.78 is 27.2. The van der Waals surface area contributed by atoms with Crippen LogP contribution in [0, 0.1) is 6.92 Å². The monoisotopic (exact) mass is 415 g/mol. The molecule has 0 fully saturated rings. The van der Waals surface area contributed by atoms with E-state index in [4.69, 9.17) is 0 Å². The lowest BCUT2D eigenvalue weighted by Crippen LogP contribution is -2.19. The third kappa shape index (κ3) is 4.00. The molecular weight excluding hydrogens is 398 g/mol. The molecule has 0 aliphatic heterocycles. The van der Waals surface area contributed by atoms with Crippen molar-refractivity contribution in [1.29, 1.82) is 0 Å². The molecular formula is C18H17N5O5S. The molecule has 2 aromatic carbocycles. The number of aryl methyl sites for hydroxylation is 1. The first-order chi connectivity index (χ1) is 13.7. The number of carboxylic acid groups (broad SMARTS) is 1. The number of H-pyrrole nitrogens is 1. The third-order valence-corrected chi connectivity index (χ3v) is 5.50. The fraction of sp³-hybridized carbons (Fsp3) is 0.111. The number of para-hydroxylation sites is 1. The van der Waals surface area contributed by atoms with Crippen molar-refractivity contribution in [1.82, 2.24) is 14.5 Å². The Bertz CT molecular complexity index is 1260. The van der Waals surface area contributed by atoms with Crippen molar-refractivity contribution in [3.8, 4) is 5.69 Å². The SMILES string of the molecule is CNS(=O)(=O)c1ccc(N=Nc2c(C)[nH]n(-c3ccccc3)c2=O)c(C(=O)O)c1. The highest BCUT2D eigenvalue weighted by atomic mass is 32.2. The molecule has 1 heterocycles. The molecule has 11 heteroatoms. The molecule has 0 unspecified atom stereocenters. The number of aromatic carboxylic acids is 1. The van der Waals surface area contributed by atoms with Crippen molar-refractivity contribution in [2.75, 3.05) is 7.05 Å². The molecule has 0 aliphatic carbocycles. The minimum Gasteiger partial charge on any atom is -0.478 e. The number of rotatable bonds is 6. The number of hydrogen-bond acceptors (Lipinski definition) is 6. The maximum Gasteiger partial charge on any atom is 0.338 e. The van der Waals surface area contributed by atoms with E-state index >= 15 is 0 Å². The highest BCUT2D eigenvalue weighted by molar-refractivity contribution is 7.89. The van der Waals surface area contributed by atoms with Crippen molar-refractivity contribution in [2.45, 2.75) is 11.8 Å². The quantitative estimate of drug-likeness (QED) is 0.529. The summed E-state index contributed by atoms with van der Waals surface area (Å²) in [5, 5.41) is 20.1. The average Bonchev–Trinajstić information content (AvgIpc) is 3.00. The Labute approximate surface area is 165 Å². The molecule has 0 spiro atoms. The molecule has 0 bridgehead atoms. The lowest BCUT2D eigenvalue weighted by Gasteiger charge is -2.05. The van der Waals surface area contributed by atoms with Gasteiger partial charge in [-0.3, -0.25) is 9.89 Å². The van der Waals surface area contributed by atoms with E-state index < -0.39 is 21.6 Å². The topological polar surface area (TPSA) is 146 Å². The van der Waals surface area contributed by atoms with Crippen LogP contribution in [0.1, 0.15) is 16.1 Å². The number of sulfonamides is 1. The predicted molar refractivity (Wildman–Crippen MR) is 105 cm³/mol. The molecule has 1 aromatic heterocycles. The van der Waals surface area contributed by atoms with Crippen LogP contribution in [0.15, 0.2) is 68.4 Å². The van der Waals surface area contributed by atoms with Crippen LogP contribution in [0.2, 0.25) is 0 Å². The van der Waals surface area contributed by atoms with Crippen LogP contribution in [0.3, 0.4) is 0 Å². The number of carbonyl (C=O) groups is 1. The first-order valence-corrected chi connectivity index (χ1v) is 9.82. The number of hydrogen-bond donors (Lipinski definition) is 3. The van der Waals surface area contributed by atoms with Crippen LogP contribution in [0.5, 0.6) is 0 Å². The molecule has 29 heavy (non-hydrogen) atoms. The van der Waals surface area contributed by atoms with Gasteiger partial charge in [0.15, 0.2) is 5.69 Å². The maximum atomic E-state index is 12.6. The summed E-state index contributed by atoms with van der Waals surface area (Å²) >= 11 is 0. The van der Waals surface area contributed by atoms with E-state index in [-0.39, 0.29) is 21.8 Å². The van der Waals surface area contributed by atoms with Crippen molar-refractivity contribution in [2.24, 2.45) is 10.2 Å². The zero-order valence-corrected chi connectivity index (χ0v) is 16.3. The summed E-state index contributed by atoms with van der Waals surface area (Å²) in [5.74, 6) is -1.38. The first kappa shape index (κ1) is 20.2. The summed E-state index contributed by atoms with van der Waals surface area (Å²) in [4.78, 5) is 23.9. The molecule has 0 aliphatic rings. The highest BCUT2D eigenvalue weighted by Gasteiger charge is 2.18. The Morgan fingerprint density at radius 3 is 2.45 bits per heavy atom. The van der Waals surface area contributed by atoms with E-state index in [0.29, 0.717) is 11.4 Å². The molecule has 0 amide bonds. The van der Waals surface area contributed by atoms with Crippen LogP contribution in [-0.4, -0.2) is 36.3 Å². The van der Waals surface area contributed by atoms with Gasteiger partial charge in [0.05, 0.1) is 21.8 Å². The number of azo groups is 1. The van der Waals surface area contributed by atoms with Crippen molar-refractivity contribution >= 4 is 27.4 Å². The van der Waals surface area contributed by atoms with E-state index in [1.165, 1.54) is 23.9 Å². The number of aromatic nitrogens is 2.